The summed E-state index contributed by atoms with van der Waals surface area (Å²) >= 11 is 0. The van der Waals surface area contributed by atoms with Gasteiger partial charge in [-0.15, -0.1) is 0 Å². The quantitative estimate of drug-likeness (QED) is 0.651. The second-order valence-electron chi connectivity index (χ2n) is 4.67. The molecule has 2 atom stereocenters. The van der Waals surface area contributed by atoms with Gasteiger partial charge in [0.2, 0.25) is 0 Å². The van der Waals surface area contributed by atoms with Gasteiger partial charge >= 0.3 is 0 Å². The lowest BCUT2D eigenvalue weighted by molar-refractivity contribution is 0.0298. The van der Waals surface area contributed by atoms with Crippen LogP contribution >= 0.6 is 0 Å². The van der Waals surface area contributed by atoms with Crippen molar-refractivity contribution in [2.24, 2.45) is 17.2 Å². The van der Waals surface area contributed by atoms with Crippen LogP contribution in [0.1, 0.15) is 25.7 Å². The van der Waals surface area contributed by atoms with Gasteiger partial charge in [0.1, 0.15) is 0 Å². The van der Waals surface area contributed by atoms with Gasteiger partial charge in [0.05, 0.1) is 6.61 Å². The predicted molar refractivity (Wildman–Crippen MR) is 52.0 cm³/mol. The average Bonchev–Trinajstić information content (AvgIpc) is 2.41. The van der Waals surface area contributed by atoms with E-state index in [1.807, 2.05) is 5.01 Å². The van der Waals surface area contributed by atoms with E-state index >= 15 is 0 Å². The average molecular weight is 184 g/mol. The molecule has 1 aliphatic heterocycles. The minimum atomic E-state index is 0.391. The third-order valence-electron chi connectivity index (χ3n) is 3.75. The van der Waals surface area contributed by atoms with Crippen molar-refractivity contribution in [2.45, 2.75) is 25.7 Å². The summed E-state index contributed by atoms with van der Waals surface area (Å²) in [5.74, 6) is 6.67. The highest BCUT2D eigenvalue weighted by Crippen LogP contribution is 2.45. The maximum atomic E-state index is 5.89. The van der Waals surface area contributed by atoms with Gasteiger partial charge in [0, 0.05) is 25.6 Å². The molecule has 0 aromatic carbocycles. The number of rotatable bonds is 2. The highest BCUT2D eigenvalue weighted by molar-refractivity contribution is 4.97. The zero-order valence-corrected chi connectivity index (χ0v) is 8.46. The Morgan fingerprint density at radius 1 is 1.54 bits per heavy atom. The minimum absolute atomic E-state index is 0.391. The van der Waals surface area contributed by atoms with Crippen molar-refractivity contribution < 1.29 is 4.74 Å². The Hall–Kier alpha value is -0.120. The van der Waals surface area contributed by atoms with Crippen LogP contribution in [0.2, 0.25) is 0 Å². The third-order valence-corrected chi connectivity index (χ3v) is 3.75. The molecule has 3 nitrogen and oxygen atoms in total. The van der Waals surface area contributed by atoms with Crippen LogP contribution in [0.5, 0.6) is 0 Å². The number of methoxy groups -OCH3 is 1. The molecule has 2 fully saturated rings. The van der Waals surface area contributed by atoms with Crippen molar-refractivity contribution in [3.05, 3.63) is 0 Å². The SMILES string of the molecule is COC[C@]12CCCC[C@H]1CN(N)C2. The number of nitrogens with two attached hydrogens (primary N) is 1. The van der Waals surface area contributed by atoms with Gasteiger partial charge in [-0.2, -0.15) is 0 Å². The summed E-state index contributed by atoms with van der Waals surface area (Å²) in [5.41, 5.74) is 0.391. The summed E-state index contributed by atoms with van der Waals surface area (Å²) < 4.78 is 5.35. The van der Waals surface area contributed by atoms with Gasteiger partial charge in [-0.3, -0.25) is 5.84 Å². The molecule has 2 aliphatic rings. The van der Waals surface area contributed by atoms with Crippen LogP contribution in [0.4, 0.5) is 0 Å². The summed E-state index contributed by atoms with van der Waals surface area (Å²) in [6.07, 6.45) is 5.38. The highest BCUT2D eigenvalue weighted by atomic mass is 16.5. The molecule has 0 aromatic heterocycles. The van der Waals surface area contributed by atoms with Gasteiger partial charge in [-0.05, 0) is 18.8 Å². The van der Waals surface area contributed by atoms with Crippen LogP contribution in [-0.4, -0.2) is 31.8 Å². The fourth-order valence-electron chi connectivity index (χ4n) is 3.15. The number of hydrazine groups is 1. The molecule has 1 heterocycles. The lowest BCUT2D eigenvalue weighted by atomic mass is 9.69. The molecule has 1 aliphatic carbocycles. The number of hydrogen-bond acceptors (Lipinski definition) is 3. The van der Waals surface area contributed by atoms with E-state index in [1.54, 1.807) is 7.11 Å². The third kappa shape index (κ3) is 1.60. The number of ether oxygens (including phenoxy) is 1. The molecular weight excluding hydrogens is 164 g/mol. The van der Waals surface area contributed by atoms with Crippen molar-refractivity contribution in [2.75, 3.05) is 26.8 Å². The monoisotopic (exact) mass is 184 g/mol. The summed E-state index contributed by atoms with van der Waals surface area (Å²) in [6, 6.07) is 0. The molecule has 1 saturated heterocycles. The lowest BCUT2D eigenvalue weighted by Gasteiger charge is -2.37. The van der Waals surface area contributed by atoms with Crippen molar-refractivity contribution in [1.29, 1.82) is 0 Å². The number of fused-ring (bicyclic) bond motifs is 1. The van der Waals surface area contributed by atoms with E-state index in [9.17, 15) is 0 Å². The molecule has 1 saturated carbocycles. The van der Waals surface area contributed by atoms with Crippen molar-refractivity contribution in [1.82, 2.24) is 5.01 Å². The van der Waals surface area contributed by atoms with Crippen LogP contribution in [0.15, 0.2) is 0 Å². The molecule has 13 heavy (non-hydrogen) atoms. The topological polar surface area (TPSA) is 38.5 Å². The highest BCUT2D eigenvalue weighted by Gasteiger charge is 2.46. The summed E-state index contributed by atoms with van der Waals surface area (Å²) in [4.78, 5) is 0. The molecule has 76 valence electrons. The van der Waals surface area contributed by atoms with Crippen molar-refractivity contribution in [3.8, 4) is 0 Å². The van der Waals surface area contributed by atoms with Crippen LogP contribution in [-0.2, 0) is 4.74 Å². The van der Waals surface area contributed by atoms with Crippen LogP contribution in [0.25, 0.3) is 0 Å². The molecule has 2 N–H and O–H groups in total. The Bertz CT molecular complexity index is 182. The van der Waals surface area contributed by atoms with E-state index in [-0.39, 0.29) is 0 Å². The maximum absolute atomic E-state index is 5.89. The maximum Gasteiger partial charge on any atom is 0.0534 e. The van der Waals surface area contributed by atoms with E-state index < -0.39 is 0 Å². The van der Waals surface area contributed by atoms with E-state index in [4.69, 9.17) is 10.6 Å². The molecule has 0 radical (unpaired) electrons. The number of hydrogen-bond donors (Lipinski definition) is 1. The molecule has 0 spiro atoms. The molecule has 0 amide bonds. The minimum Gasteiger partial charge on any atom is -0.384 e. The second-order valence-corrected chi connectivity index (χ2v) is 4.67. The fourth-order valence-corrected chi connectivity index (χ4v) is 3.15. The zero-order valence-electron chi connectivity index (χ0n) is 8.46. The van der Waals surface area contributed by atoms with Crippen LogP contribution in [0, 0.1) is 11.3 Å². The Morgan fingerprint density at radius 3 is 3.15 bits per heavy atom. The second kappa shape index (κ2) is 3.56. The van der Waals surface area contributed by atoms with Gasteiger partial charge in [-0.25, -0.2) is 5.01 Å². The van der Waals surface area contributed by atoms with Gasteiger partial charge < -0.3 is 4.74 Å². The van der Waals surface area contributed by atoms with Gasteiger partial charge in [0.25, 0.3) is 0 Å². The normalized spacial score (nSPS) is 40.6. The first-order chi connectivity index (χ1) is 6.27. The van der Waals surface area contributed by atoms with Crippen molar-refractivity contribution in [3.63, 3.8) is 0 Å². The van der Waals surface area contributed by atoms with E-state index in [0.717, 1.165) is 25.6 Å². The van der Waals surface area contributed by atoms with E-state index in [2.05, 4.69) is 0 Å². The summed E-state index contributed by atoms with van der Waals surface area (Å²) in [6.45, 7) is 3.00. The molecule has 0 aromatic rings. The Labute approximate surface area is 80.2 Å². The number of nitrogens with zero attached hydrogens (tertiary/aromatic N) is 1. The Balaban J connectivity index is 2.10. The smallest absolute Gasteiger partial charge is 0.0534 e. The van der Waals surface area contributed by atoms with E-state index in [1.165, 1.54) is 25.7 Å². The first kappa shape index (κ1) is 9.44. The Kier molecular flexibility index (Phi) is 2.58. The zero-order chi connectivity index (χ0) is 9.31. The van der Waals surface area contributed by atoms with Gasteiger partial charge in [0.15, 0.2) is 0 Å². The first-order valence-electron chi connectivity index (χ1n) is 5.25. The molecule has 0 unspecified atom stereocenters. The predicted octanol–water partition coefficient (Wildman–Crippen LogP) is 0.999. The van der Waals surface area contributed by atoms with Crippen LogP contribution < -0.4 is 5.84 Å². The van der Waals surface area contributed by atoms with Crippen molar-refractivity contribution >= 4 is 0 Å². The lowest BCUT2D eigenvalue weighted by Crippen LogP contribution is -2.38. The molecule has 2 rings (SSSR count). The summed E-state index contributed by atoms with van der Waals surface area (Å²) in [7, 11) is 1.81. The Morgan fingerprint density at radius 2 is 2.38 bits per heavy atom. The van der Waals surface area contributed by atoms with Gasteiger partial charge in [-0.1, -0.05) is 12.8 Å². The molecule has 3 heteroatoms. The van der Waals surface area contributed by atoms with Crippen LogP contribution in [0.3, 0.4) is 0 Å². The first-order valence-corrected chi connectivity index (χ1v) is 5.25. The molecular formula is C10H20N2O. The van der Waals surface area contributed by atoms with E-state index in [0.29, 0.717) is 5.41 Å². The standard InChI is InChI=1S/C10H20N2O/c1-13-8-10-5-3-2-4-9(10)6-12(11)7-10/h9H,2-8,11H2,1H3/t9-,10+/m0/s1. The summed E-state index contributed by atoms with van der Waals surface area (Å²) in [5, 5.41) is 1.98. The fraction of sp³-hybridized carbons (Fsp3) is 1.00. The molecule has 0 bridgehead atoms. The largest absolute Gasteiger partial charge is 0.384 e.